The molecule has 4 aromatic rings. The normalized spacial score (nSPS) is 11.8. The van der Waals surface area contributed by atoms with Crippen LogP contribution in [0.5, 0.6) is 0 Å². The molecule has 1 nitrogen and oxygen atoms in total. The summed E-state index contributed by atoms with van der Waals surface area (Å²) < 4.78 is 2.34. The topological polar surface area (TPSA) is 4.93 Å². The van der Waals surface area contributed by atoms with E-state index in [2.05, 4.69) is 86.0 Å². The monoisotopic (exact) mass is 359 g/mol. The first-order valence-electron chi connectivity index (χ1n) is 8.92. The molecule has 0 bridgehead atoms. The van der Waals surface area contributed by atoms with Crippen molar-refractivity contribution in [1.82, 2.24) is 4.57 Å². The van der Waals surface area contributed by atoms with Gasteiger partial charge in [-0.3, -0.25) is 0 Å². The Kier molecular flexibility index (Phi) is 4.13. The number of nitrogens with zero attached hydrogens (tertiary/aromatic N) is 1. The van der Waals surface area contributed by atoms with E-state index in [1.807, 2.05) is 18.2 Å². The van der Waals surface area contributed by atoms with Crippen LogP contribution < -0.4 is 0 Å². The molecule has 0 saturated heterocycles. The summed E-state index contributed by atoms with van der Waals surface area (Å²) >= 11 is 6.56. The van der Waals surface area contributed by atoms with Crippen LogP contribution in [0.2, 0.25) is 5.02 Å². The van der Waals surface area contributed by atoms with Crippen LogP contribution in [0.4, 0.5) is 0 Å². The zero-order valence-electron chi connectivity index (χ0n) is 15.3. The van der Waals surface area contributed by atoms with Gasteiger partial charge in [0.15, 0.2) is 0 Å². The number of aromatic nitrogens is 1. The van der Waals surface area contributed by atoms with E-state index < -0.39 is 0 Å². The molecule has 0 radical (unpaired) electrons. The van der Waals surface area contributed by atoms with Crippen molar-refractivity contribution < 1.29 is 0 Å². The smallest absolute Gasteiger partial charge is 0.0556 e. The molecule has 26 heavy (non-hydrogen) atoms. The Hall–Kier alpha value is -2.51. The summed E-state index contributed by atoms with van der Waals surface area (Å²) in [5, 5.41) is 1.98. The van der Waals surface area contributed by atoms with Gasteiger partial charge in [-0.2, -0.15) is 0 Å². The number of benzene rings is 3. The fraction of sp³-hybridized carbons (Fsp3) is 0.167. The maximum atomic E-state index is 6.56. The molecule has 2 heteroatoms. The van der Waals surface area contributed by atoms with Gasteiger partial charge in [-0.05, 0) is 35.2 Å². The van der Waals surface area contributed by atoms with Crippen molar-refractivity contribution in [2.75, 3.05) is 0 Å². The fourth-order valence-corrected chi connectivity index (χ4v) is 3.82. The van der Waals surface area contributed by atoms with Crippen molar-refractivity contribution in [1.29, 1.82) is 0 Å². The second kappa shape index (κ2) is 6.34. The van der Waals surface area contributed by atoms with E-state index in [0.717, 1.165) is 16.3 Å². The summed E-state index contributed by atoms with van der Waals surface area (Å²) in [7, 11) is 0. The van der Waals surface area contributed by atoms with E-state index >= 15 is 0 Å². The molecule has 0 aliphatic carbocycles. The fourth-order valence-electron chi connectivity index (χ4n) is 3.58. The zero-order valence-corrected chi connectivity index (χ0v) is 16.1. The molecule has 0 aliphatic heterocycles. The van der Waals surface area contributed by atoms with Gasteiger partial charge in [0.05, 0.1) is 11.2 Å². The van der Waals surface area contributed by atoms with Gasteiger partial charge in [-0.15, -0.1) is 0 Å². The van der Waals surface area contributed by atoms with Crippen LogP contribution in [0.3, 0.4) is 0 Å². The molecule has 0 amide bonds. The predicted octanol–water partition coefficient (Wildman–Crippen LogP) is 7.25. The minimum atomic E-state index is 0.0414. The van der Waals surface area contributed by atoms with Gasteiger partial charge in [-0.25, -0.2) is 0 Å². The summed E-state index contributed by atoms with van der Waals surface area (Å²) in [5.41, 5.74) is 5.92. The Labute approximate surface area is 159 Å². The van der Waals surface area contributed by atoms with Crippen LogP contribution in [0.1, 0.15) is 26.3 Å². The summed E-state index contributed by atoms with van der Waals surface area (Å²) in [6.07, 6.45) is 0. The highest BCUT2D eigenvalue weighted by atomic mass is 35.5. The molecule has 4 rings (SSSR count). The van der Waals surface area contributed by atoms with Gasteiger partial charge in [0.25, 0.3) is 0 Å². The third-order valence-corrected chi connectivity index (χ3v) is 5.14. The van der Waals surface area contributed by atoms with Crippen molar-refractivity contribution in [3.63, 3.8) is 0 Å². The van der Waals surface area contributed by atoms with Crippen LogP contribution in [-0.4, -0.2) is 4.57 Å². The van der Waals surface area contributed by atoms with Crippen LogP contribution in [0.15, 0.2) is 78.9 Å². The number of para-hydroxylation sites is 2. The molecule has 0 unspecified atom stereocenters. The number of fused-ring (bicyclic) bond motifs is 1. The van der Waals surface area contributed by atoms with E-state index in [1.165, 1.54) is 22.2 Å². The SMILES string of the molecule is CC(C)(C)c1ccccc1-n1c(-c2ccccc2Cl)cc2ccccc21. The quantitative estimate of drug-likeness (QED) is 0.355. The van der Waals surface area contributed by atoms with E-state index in [-0.39, 0.29) is 5.41 Å². The average Bonchev–Trinajstić information content (AvgIpc) is 3.00. The van der Waals surface area contributed by atoms with E-state index in [0.29, 0.717) is 0 Å². The Morgan fingerprint density at radius 3 is 2.19 bits per heavy atom. The van der Waals surface area contributed by atoms with Crippen molar-refractivity contribution in [2.24, 2.45) is 0 Å². The lowest BCUT2D eigenvalue weighted by Crippen LogP contribution is -2.15. The number of halogens is 1. The molecule has 1 heterocycles. The lowest BCUT2D eigenvalue weighted by atomic mass is 9.85. The molecule has 0 fully saturated rings. The minimum Gasteiger partial charge on any atom is -0.309 e. The van der Waals surface area contributed by atoms with Gasteiger partial charge in [0.2, 0.25) is 0 Å². The largest absolute Gasteiger partial charge is 0.309 e. The number of rotatable bonds is 2. The Bertz CT molecular complexity index is 1080. The van der Waals surface area contributed by atoms with Gasteiger partial charge < -0.3 is 4.57 Å². The van der Waals surface area contributed by atoms with Crippen LogP contribution >= 0.6 is 11.6 Å². The summed E-state index contributed by atoms with van der Waals surface area (Å²) in [4.78, 5) is 0. The maximum Gasteiger partial charge on any atom is 0.0556 e. The molecule has 0 saturated carbocycles. The molecule has 0 spiro atoms. The van der Waals surface area contributed by atoms with Gasteiger partial charge >= 0.3 is 0 Å². The van der Waals surface area contributed by atoms with E-state index in [4.69, 9.17) is 11.6 Å². The first-order chi connectivity index (χ1) is 12.5. The first-order valence-corrected chi connectivity index (χ1v) is 9.30. The second-order valence-electron chi connectivity index (χ2n) is 7.67. The lowest BCUT2D eigenvalue weighted by molar-refractivity contribution is 0.587. The van der Waals surface area contributed by atoms with Gasteiger partial charge in [0.1, 0.15) is 0 Å². The van der Waals surface area contributed by atoms with Crippen molar-refractivity contribution in [2.45, 2.75) is 26.2 Å². The third kappa shape index (κ3) is 2.83. The average molecular weight is 360 g/mol. The molecular weight excluding hydrogens is 338 g/mol. The highest BCUT2D eigenvalue weighted by Gasteiger charge is 2.22. The maximum absolute atomic E-state index is 6.56. The third-order valence-electron chi connectivity index (χ3n) is 4.81. The van der Waals surface area contributed by atoms with Crippen molar-refractivity contribution in [3.8, 4) is 16.9 Å². The second-order valence-corrected chi connectivity index (χ2v) is 8.08. The van der Waals surface area contributed by atoms with Gasteiger partial charge in [0, 0.05) is 21.7 Å². The van der Waals surface area contributed by atoms with E-state index in [1.54, 1.807) is 0 Å². The highest BCUT2D eigenvalue weighted by molar-refractivity contribution is 6.33. The zero-order chi connectivity index (χ0) is 18.3. The molecule has 0 N–H and O–H groups in total. The van der Waals surface area contributed by atoms with Crippen LogP contribution in [0, 0.1) is 0 Å². The molecule has 0 atom stereocenters. The van der Waals surface area contributed by atoms with Crippen molar-refractivity contribution in [3.05, 3.63) is 89.4 Å². The lowest BCUT2D eigenvalue weighted by Gasteiger charge is -2.25. The minimum absolute atomic E-state index is 0.0414. The van der Waals surface area contributed by atoms with Gasteiger partial charge in [-0.1, -0.05) is 87.0 Å². The molecule has 130 valence electrons. The van der Waals surface area contributed by atoms with Crippen LogP contribution in [0.25, 0.3) is 27.8 Å². The van der Waals surface area contributed by atoms with Crippen molar-refractivity contribution >= 4 is 22.5 Å². The molecule has 0 aliphatic rings. The summed E-state index contributed by atoms with van der Waals surface area (Å²) in [6.45, 7) is 6.77. The Morgan fingerprint density at radius 1 is 0.769 bits per heavy atom. The Balaban J connectivity index is 2.11. The predicted molar refractivity (Wildman–Crippen MR) is 112 cm³/mol. The summed E-state index contributed by atoms with van der Waals surface area (Å²) in [6, 6.07) is 27.4. The highest BCUT2D eigenvalue weighted by Crippen LogP contribution is 2.38. The number of hydrogen-bond donors (Lipinski definition) is 0. The standard InChI is InChI=1S/C24H22ClN/c1-24(2,3)19-12-6-9-15-22(19)26-21-14-8-4-10-17(21)16-23(26)18-11-5-7-13-20(18)25/h4-16H,1-3H3. The van der Waals surface area contributed by atoms with Crippen LogP contribution in [-0.2, 0) is 5.41 Å². The summed E-state index contributed by atoms with van der Waals surface area (Å²) in [5.74, 6) is 0. The number of hydrogen-bond acceptors (Lipinski definition) is 0. The first kappa shape index (κ1) is 16.9. The molecule has 3 aromatic carbocycles. The Morgan fingerprint density at radius 2 is 1.42 bits per heavy atom. The molecule has 1 aromatic heterocycles. The van der Waals surface area contributed by atoms with E-state index in [9.17, 15) is 0 Å². The molecular formula is C24H22ClN.